The molecule has 0 saturated carbocycles. The molecule has 0 atom stereocenters. The van der Waals surface area contributed by atoms with Gasteiger partial charge in [-0.15, -0.1) is 0 Å². The van der Waals surface area contributed by atoms with Gasteiger partial charge in [0, 0.05) is 35.4 Å². The molecule has 4 rings (SSSR count). The molecule has 4 heteroatoms. The van der Waals surface area contributed by atoms with Crippen LogP contribution in [0.4, 0.5) is 5.69 Å². The van der Waals surface area contributed by atoms with Gasteiger partial charge in [-0.3, -0.25) is 4.98 Å². The van der Waals surface area contributed by atoms with E-state index in [4.69, 9.17) is 9.47 Å². The third-order valence-corrected chi connectivity index (χ3v) is 4.12. The fourth-order valence-electron chi connectivity index (χ4n) is 3.06. The van der Waals surface area contributed by atoms with Crippen molar-refractivity contribution in [3.63, 3.8) is 0 Å². The minimum absolute atomic E-state index is 0.732. The third kappa shape index (κ3) is 1.80. The first kappa shape index (κ1) is 13.0. The van der Waals surface area contributed by atoms with E-state index < -0.39 is 0 Å². The lowest BCUT2D eigenvalue weighted by Crippen LogP contribution is -2.10. The van der Waals surface area contributed by atoms with Crippen LogP contribution in [0.15, 0.2) is 42.6 Å². The summed E-state index contributed by atoms with van der Waals surface area (Å²) in [5, 5.41) is 4.60. The van der Waals surface area contributed by atoms with Crippen molar-refractivity contribution in [2.75, 3.05) is 19.5 Å². The first-order chi connectivity index (χ1) is 10.8. The Morgan fingerprint density at radius 3 is 2.64 bits per heavy atom. The van der Waals surface area contributed by atoms with Gasteiger partial charge in [0.1, 0.15) is 0 Å². The van der Waals surface area contributed by atoms with E-state index in [1.165, 1.54) is 11.1 Å². The minimum atomic E-state index is 0.732. The van der Waals surface area contributed by atoms with Crippen LogP contribution in [0, 0.1) is 0 Å². The van der Waals surface area contributed by atoms with Crippen LogP contribution in [0.3, 0.4) is 0 Å². The maximum Gasteiger partial charge on any atom is 0.162 e. The van der Waals surface area contributed by atoms with Gasteiger partial charge in [0.25, 0.3) is 0 Å². The molecule has 0 fully saturated rings. The number of ether oxygens (including phenoxy) is 2. The number of nitrogens with zero attached hydrogens (tertiary/aromatic N) is 1. The van der Waals surface area contributed by atoms with E-state index in [1.54, 1.807) is 14.2 Å². The molecular formula is C18H16N2O2. The van der Waals surface area contributed by atoms with Crippen LogP contribution >= 0.6 is 0 Å². The summed E-state index contributed by atoms with van der Waals surface area (Å²) in [6.07, 6.45) is 1.95. The van der Waals surface area contributed by atoms with Crippen LogP contribution in [0.1, 0.15) is 5.56 Å². The number of nitrogens with one attached hydrogen (secondary N) is 1. The van der Waals surface area contributed by atoms with E-state index in [2.05, 4.69) is 16.4 Å². The summed E-state index contributed by atoms with van der Waals surface area (Å²) in [5.41, 5.74) is 5.60. The van der Waals surface area contributed by atoms with Gasteiger partial charge in [-0.25, -0.2) is 0 Å². The molecule has 1 N–H and O–H groups in total. The van der Waals surface area contributed by atoms with Gasteiger partial charge in [0.15, 0.2) is 11.5 Å². The van der Waals surface area contributed by atoms with Crippen molar-refractivity contribution in [3.8, 4) is 22.6 Å². The standard InChI is InChI=1S/C18H16N2O2/c1-21-16-7-13-15(8-17(16)22-2)20-10-11-9-19-14-6-4-3-5-12(14)18(11)13/h3-9,20H,10H2,1-2H3. The number of anilines is 1. The molecule has 0 radical (unpaired) electrons. The summed E-state index contributed by atoms with van der Waals surface area (Å²) in [4.78, 5) is 4.55. The van der Waals surface area contributed by atoms with E-state index in [0.29, 0.717) is 0 Å². The van der Waals surface area contributed by atoms with Crippen molar-refractivity contribution < 1.29 is 9.47 Å². The number of para-hydroxylation sites is 1. The Labute approximate surface area is 128 Å². The normalized spacial score (nSPS) is 12.3. The van der Waals surface area contributed by atoms with E-state index in [-0.39, 0.29) is 0 Å². The fourth-order valence-corrected chi connectivity index (χ4v) is 3.06. The monoisotopic (exact) mass is 292 g/mol. The largest absolute Gasteiger partial charge is 0.493 e. The molecule has 110 valence electrons. The summed E-state index contributed by atoms with van der Waals surface area (Å²) in [6, 6.07) is 12.2. The summed E-state index contributed by atoms with van der Waals surface area (Å²) in [7, 11) is 3.31. The third-order valence-electron chi connectivity index (χ3n) is 4.12. The van der Waals surface area contributed by atoms with Crippen LogP contribution < -0.4 is 14.8 Å². The summed E-state index contributed by atoms with van der Waals surface area (Å²) in [5.74, 6) is 1.47. The number of rotatable bonds is 2. The Kier molecular flexibility index (Phi) is 2.89. The molecule has 0 amide bonds. The van der Waals surface area contributed by atoms with Gasteiger partial charge in [-0.2, -0.15) is 0 Å². The molecule has 0 spiro atoms. The molecule has 22 heavy (non-hydrogen) atoms. The van der Waals surface area contributed by atoms with Gasteiger partial charge < -0.3 is 14.8 Å². The highest BCUT2D eigenvalue weighted by atomic mass is 16.5. The van der Waals surface area contributed by atoms with Crippen LogP contribution in [0.2, 0.25) is 0 Å². The van der Waals surface area contributed by atoms with Crippen molar-refractivity contribution in [3.05, 3.63) is 48.2 Å². The highest BCUT2D eigenvalue weighted by molar-refractivity contribution is 6.01. The van der Waals surface area contributed by atoms with Crippen molar-refractivity contribution >= 4 is 16.6 Å². The number of hydrogen-bond acceptors (Lipinski definition) is 4. The van der Waals surface area contributed by atoms with Crippen LogP contribution in [0.5, 0.6) is 11.5 Å². The van der Waals surface area contributed by atoms with Crippen LogP contribution in [-0.4, -0.2) is 19.2 Å². The first-order valence-corrected chi connectivity index (χ1v) is 7.18. The number of benzene rings is 2. The second-order valence-corrected chi connectivity index (χ2v) is 5.28. The van der Waals surface area contributed by atoms with E-state index in [0.717, 1.165) is 40.2 Å². The van der Waals surface area contributed by atoms with Gasteiger partial charge in [-0.05, 0) is 23.3 Å². The Balaban J connectivity index is 2.05. The lowest BCUT2D eigenvalue weighted by atomic mass is 9.92. The zero-order valence-corrected chi connectivity index (χ0v) is 12.5. The SMILES string of the molecule is COc1cc2c(cc1OC)-c1c(cnc3ccccc13)CN2. The number of aromatic nitrogens is 1. The van der Waals surface area contributed by atoms with E-state index in [9.17, 15) is 0 Å². The van der Waals surface area contributed by atoms with Crippen molar-refractivity contribution in [1.82, 2.24) is 4.98 Å². The molecule has 0 aliphatic carbocycles. The van der Waals surface area contributed by atoms with Crippen LogP contribution in [-0.2, 0) is 6.54 Å². The highest BCUT2D eigenvalue weighted by Crippen LogP contribution is 2.44. The molecule has 4 nitrogen and oxygen atoms in total. The molecule has 2 heterocycles. The highest BCUT2D eigenvalue weighted by Gasteiger charge is 2.21. The zero-order valence-electron chi connectivity index (χ0n) is 12.5. The van der Waals surface area contributed by atoms with Crippen molar-refractivity contribution in [2.24, 2.45) is 0 Å². The van der Waals surface area contributed by atoms with Crippen molar-refractivity contribution in [1.29, 1.82) is 0 Å². The average molecular weight is 292 g/mol. The maximum absolute atomic E-state index is 5.46. The molecule has 0 saturated heterocycles. The minimum Gasteiger partial charge on any atom is -0.493 e. The number of pyridine rings is 1. The summed E-state index contributed by atoms with van der Waals surface area (Å²) in [6.45, 7) is 0.760. The van der Waals surface area contributed by atoms with Crippen LogP contribution in [0.25, 0.3) is 22.0 Å². The lowest BCUT2D eigenvalue weighted by molar-refractivity contribution is 0.355. The molecule has 0 unspecified atom stereocenters. The molecule has 1 aliphatic heterocycles. The quantitative estimate of drug-likeness (QED) is 0.779. The summed E-state index contributed by atoms with van der Waals surface area (Å²) >= 11 is 0. The average Bonchev–Trinajstić information content (AvgIpc) is 2.59. The second-order valence-electron chi connectivity index (χ2n) is 5.28. The van der Waals surface area contributed by atoms with Crippen molar-refractivity contribution in [2.45, 2.75) is 6.54 Å². The molecule has 2 aromatic carbocycles. The van der Waals surface area contributed by atoms with Gasteiger partial charge in [0.05, 0.1) is 19.7 Å². The van der Waals surface area contributed by atoms with E-state index in [1.807, 2.05) is 36.5 Å². The maximum atomic E-state index is 5.46. The van der Waals surface area contributed by atoms with Gasteiger partial charge in [0.2, 0.25) is 0 Å². The molecule has 1 aromatic heterocycles. The molecule has 3 aromatic rings. The Morgan fingerprint density at radius 2 is 1.82 bits per heavy atom. The predicted molar refractivity (Wildman–Crippen MR) is 87.6 cm³/mol. The number of methoxy groups -OCH3 is 2. The molecule has 1 aliphatic rings. The molecular weight excluding hydrogens is 276 g/mol. The van der Waals surface area contributed by atoms with E-state index >= 15 is 0 Å². The number of hydrogen-bond donors (Lipinski definition) is 1. The Bertz CT molecular complexity index is 874. The van der Waals surface area contributed by atoms with Gasteiger partial charge in [-0.1, -0.05) is 18.2 Å². The smallest absolute Gasteiger partial charge is 0.162 e. The predicted octanol–water partition coefficient (Wildman–Crippen LogP) is 3.84. The summed E-state index contributed by atoms with van der Waals surface area (Å²) < 4.78 is 10.9. The fraction of sp³-hybridized carbons (Fsp3) is 0.167. The Morgan fingerprint density at radius 1 is 1.05 bits per heavy atom. The Hall–Kier alpha value is -2.75. The first-order valence-electron chi connectivity index (χ1n) is 7.18. The lowest BCUT2D eigenvalue weighted by Gasteiger charge is -2.24. The zero-order chi connectivity index (χ0) is 15.1. The number of fused-ring (bicyclic) bond motifs is 5. The van der Waals surface area contributed by atoms with Gasteiger partial charge >= 0.3 is 0 Å². The second kappa shape index (κ2) is 4.91. The molecule has 0 bridgehead atoms. The topological polar surface area (TPSA) is 43.4 Å².